The maximum Gasteiger partial charge on any atom is 0.319 e. The highest BCUT2D eigenvalue weighted by Crippen LogP contribution is 2.29. The van der Waals surface area contributed by atoms with Gasteiger partial charge in [0.1, 0.15) is 5.82 Å². The summed E-state index contributed by atoms with van der Waals surface area (Å²) in [5.41, 5.74) is 11.0. The highest BCUT2D eigenvalue weighted by molar-refractivity contribution is 5.94. The Hall–Kier alpha value is -5.24. The van der Waals surface area contributed by atoms with E-state index in [9.17, 15) is 4.79 Å². The number of rotatable bonds is 7. The predicted molar refractivity (Wildman–Crippen MR) is 149 cm³/mol. The summed E-state index contributed by atoms with van der Waals surface area (Å²) >= 11 is 0. The van der Waals surface area contributed by atoms with Gasteiger partial charge >= 0.3 is 6.03 Å². The molecule has 0 bridgehead atoms. The molecule has 8 nitrogen and oxygen atoms in total. The largest absolute Gasteiger partial charge is 0.398 e. The summed E-state index contributed by atoms with van der Waals surface area (Å²) in [4.78, 5) is 22.0. The minimum Gasteiger partial charge on any atom is -0.398 e. The number of nitrogens with two attached hydrogens (primary N) is 1. The summed E-state index contributed by atoms with van der Waals surface area (Å²) < 4.78 is 0. The zero-order valence-electron chi connectivity index (χ0n) is 19.9. The standard InChI is InChI=1S/C29H25N7O/c30-17-21-16-23(13-14-25(21)31)33-28-24-11-4-5-12-26(24)35-27(36-28)20-9-6-10-22(15-20)34-29(37)32-18-19-7-2-1-3-8-19/h1-17,30H,18,31H2,(H2,32,34,37)(H,33,35,36). The number of carbonyl (C=O) groups excluding carboxylic acids is 1. The third kappa shape index (κ3) is 5.54. The van der Waals surface area contributed by atoms with Gasteiger partial charge in [-0.15, -0.1) is 0 Å². The lowest BCUT2D eigenvalue weighted by Crippen LogP contribution is -2.28. The number of anilines is 4. The first kappa shape index (κ1) is 23.5. The second-order valence-electron chi connectivity index (χ2n) is 8.40. The van der Waals surface area contributed by atoms with Crippen LogP contribution >= 0.6 is 0 Å². The molecule has 0 saturated carbocycles. The Kier molecular flexibility index (Phi) is 6.72. The molecular weight excluding hydrogens is 462 g/mol. The van der Waals surface area contributed by atoms with Crippen molar-refractivity contribution in [1.29, 1.82) is 5.41 Å². The van der Waals surface area contributed by atoms with Gasteiger partial charge in [-0.1, -0.05) is 54.6 Å². The quantitative estimate of drug-likeness (QED) is 0.143. The number of amides is 2. The molecule has 0 radical (unpaired) electrons. The van der Waals surface area contributed by atoms with Crippen molar-refractivity contribution < 1.29 is 4.79 Å². The number of nitrogen functional groups attached to an aromatic ring is 1. The van der Waals surface area contributed by atoms with Crippen LogP contribution in [0.1, 0.15) is 11.1 Å². The van der Waals surface area contributed by atoms with Gasteiger partial charge in [-0.25, -0.2) is 14.8 Å². The molecule has 4 aromatic carbocycles. The topological polar surface area (TPSA) is 129 Å². The summed E-state index contributed by atoms with van der Waals surface area (Å²) in [6, 6.07) is 30.0. The van der Waals surface area contributed by atoms with E-state index in [1.54, 1.807) is 12.1 Å². The smallest absolute Gasteiger partial charge is 0.319 e. The van der Waals surface area contributed by atoms with Gasteiger partial charge in [-0.2, -0.15) is 0 Å². The first-order valence-corrected chi connectivity index (χ1v) is 11.7. The molecule has 5 rings (SSSR count). The van der Waals surface area contributed by atoms with Crippen molar-refractivity contribution in [2.24, 2.45) is 0 Å². The molecule has 182 valence electrons. The van der Waals surface area contributed by atoms with Crippen LogP contribution in [0.2, 0.25) is 0 Å². The zero-order valence-corrected chi connectivity index (χ0v) is 19.9. The van der Waals surface area contributed by atoms with E-state index in [-0.39, 0.29) is 6.03 Å². The molecule has 0 spiro atoms. The Balaban J connectivity index is 1.41. The van der Waals surface area contributed by atoms with E-state index in [0.29, 0.717) is 35.1 Å². The van der Waals surface area contributed by atoms with Gasteiger partial charge in [0.05, 0.1) is 5.52 Å². The van der Waals surface area contributed by atoms with Gasteiger partial charge in [0.25, 0.3) is 0 Å². The molecule has 0 atom stereocenters. The van der Waals surface area contributed by atoms with Crippen molar-refractivity contribution in [3.05, 3.63) is 108 Å². The average molecular weight is 488 g/mol. The fourth-order valence-electron chi connectivity index (χ4n) is 3.90. The van der Waals surface area contributed by atoms with Crippen LogP contribution in [0.4, 0.5) is 27.7 Å². The van der Waals surface area contributed by atoms with Gasteiger partial charge in [0.15, 0.2) is 5.82 Å². The van der Waals surface area contributed by atoms with Crippen molar-refractivity contribution >= 4 is 46.0 Å². The number of para-hydroxylation sites is 1. The van der Waals surface area contributed by atoms with Crippen LogP contribution in [0.25, 0.3) is 22.3 Å². The predicted octanol–water partition coefficient (Wildman–Crippen LogP) is 5.94. The second kappa shape index (κ2) is 10.6. The third-order valence-corrected chi connectivity index (χ3v) is 5.78. The Labute approximate surface area is 214 Å². The van der Waals surface area contributed by atoms with E-state index in [0.717, 1.165) is 27.7 Å². The number of nitrogens with one attached hydrogen (secondary N) is 4. The van der Waals surface area contributed by atoms with Crippen molar-refractivity contribution in [2.45, 2.75) is 6.54 Å². The monoisotopic (exact) mass is 487 g/mol. The Morgan fingerprint density at radius 2 is 1.68 bits per heavy atom. The third-order valence-electron chi connectivity index (χ3n) is 5.78. The lowest BCUT2D eigenvalue weighted by atomic mass is 10.1. The van der Waals surface area contributed by atoms with E-state index in [4.69, 9.17) is 21.1 Å². The SMILES string of the molecule is N=Cc1cc(Nc2nc(-c3cccc(NC(=O)NCc4ccccc4)c3)nc3ccccc23)ccc1N. The van der Waals surface area contributed by atoms with Crippen LogP contribution < -0.4 is 21.7 Å². The van der Waals surface area contributed by atoms with E-state index in [1.807, 2.05) is 84.9 Å². The molecular formula is C29H25N7O. The summed E-state index contributed by atoms with van der Waals surface area (Å²) in [7, 11) is 0. The van der Waals surface area contributed by atoms with Gasteiger partial charge < -0.3 is 27.1 Å². The van der Waals surface area contributed by atoms with Crippen LogP contribution in [-0.2, 0) is 6.54 Å². The Morgan fingerprint density at radius 1 is 0.865 bits per heavy atom. The van der Waals surface area contributed by atoms with Crippen molar-refractivity contribution in [1.82, 2.24) is 15.3 Å². The van der Waals surface area contributed by atoms with Crippen LogP contribution in [0.15, 0.2) is 97.1 Å². The zero-order chi connectivity index (χ0) is 25.6. The van der Waals surface area contributed by atoms with Crippen molar-refractivity contribution in [3.63, 3.8) is 0 Å². The van der Waals surface area contributed by atoms with Crippen LogP contribution in [0.3, 0.4) is 0 Å². The van der Waals surface area contributed by atoms with E-state index >= 15 is 0 Å². The molecule has 0 saturated heterocycles. The maximum absolute atomic E-state index is 12.5. The molecule has 2 amide bonds. The van der Waals surface area contributed by atoms with Crippen molar-refractivity contribution in [3.8, 4) is 11.4 Å². The molecule has 0 fully saturated rings. The van der Waals surface area contributed by atoms with Gasteiger partial charge in [-0.3, -0.25) is 0 Å². The van der Waals surface area contributed by atoms with Crippen molar-refractivity contribution in [2.75, 3.05) is 16.4 Å². The highest BCUT2D eigenvalue weighted by Gasteiger charge is 2.12. The minimum absolute atomic E-state index is 0.298. The van der Waals surface area contributed by atoms with E-state index < -0.39 is 0 Å². The highest BCUT2D eigenvalue weighted by atomic mass is 16.2. The Bertz CT molecular complexity index is 1580. The lowest BCUT2D eigenvalue weighted by molar-refractivity contribution is 0.251. The van der Waals surface area contributed by atoms with E-state index in [2.05, 4.69) is 16.0 Å². The van der Waals surface area contributed by atoms with Gasteiger partial charge in [0.2, 0.25) is 0 Å². The fourth-order valence-corrected chi connectivity index (χ4v) is 3.90. The number of urea groups is 1. The number of carbonyl (C=O) groups is 1. The molecule has 0 aliphatic carbocycles. The number of hydrogen-bond donors (Lipinski definition) is 5. The fraction of sp³-hybridized carbons (Fsp3) is 0.0345. The first-order chi connectivity index (χ1) is 18.1. The average Bonchev–Trinajstić information content (AvgIpc) is 2.93. The number of benzene rings is 4. The molecule has 6 N–H and O–H groups in total. The molecule has 37 heavy (non-hydrogen) atoms. The summed E-state index contributed by atoms with van der Waals surface area (Å²) in [6.07, 6.45) is 1.22. The Morgan fingerprint density at radius 3 is 2.51 bits per heavy atom. The minimum atomic E-state index is -0.298. The van der Waals surface area contributed by atoms with Gasteiger partial charge in [0, 0.05) is 46.3 Å². The summed E-state index contributed by atoms with van der Waals surface area (Å²) in [5, 5.41) is 17.5. The molecule has 1 aromatic heterocycles. The van der Waals surface area contributed by atoms with Crippen LogP contribution in [0.5, 0.6) is 0 Å². The molecule has 1 heterocycles. The van der Waals surface area contributed by atoms with E-state index in [1.165, 1.54) is 6.21 Å². The normalized spacial score (nSPS) is 10.6. The van der Waals surface area contributed by atoms with Crippen LogP contribution in [0, 0.1) is 5.41 Å². The number of hydrogen-bond acceptors (Lipinski definition) is 6. The van der Waals surface area contributed by atoms with Crippen LogP contribution in [-0.4, -0.2) is 22.2 Å². The number of fused-ring (bicyclic) bond motifs is 1. The second-order valence-corrected chi connectivity index (χ2v) is 8.40. The molecule has 8 heteroatoms. The molecule has 5 aromatic rings. The number of aromatic nitrogens is 2. The van der Waals surface area contributed by atoms with Gasteiger partial charge in [-0.05, 0) is 48.0 Å². The number of nitrogens with zero attached hydrogens (tertiary/aromatic N) is 2. The molecule has 0 unspecified atom stereocenters. The summed E-state index contributed by atoms with van der Waals surface area (Å²) in [6.45, 7) is 0.431. The first-order valence-electron chi connectivity index (χ1n) is 11.7. The molecule has 0 aliphatic rings. The molecule has 0 aliphatic heterocycles. The summed E-state index contributed by atoms with van der Waals surface area (Å²) in [5.74, 6) is 1.14. The maximum atomic E-state index is 12.5. The lowest BCUT2D eigenvalue weighted by Gasteiger charge is -2.13.